The summed E-state index contributed by atoms with van der Waals surface area (Å²) in [5.74, 6) is -2.02. The Morgan fingerprint density at radius 1 is 0.878 bits per heavy atom. The Morgan fingerprint density at radius 3 is 2.49 bits per heavy atom. The topological polar surface area (TPSA) is 146 Å². The zero-order chi connectivity index (χ0) is 28.3. The molecule has 4 aromatic rings. The van der Waals surface area contributed by atoms with Crippen LogP contribution in [0.5, 0.6) is 0 Å². The van der Waals surface area contributed by atoms with Crippen LogP contribution in [0.4, 0.5) is 10.8 Å². The van der Waals surface area contributed by atoms with E-state index in [0.29, 0.717) is 6.54 Å². The number of unbranched alkanes of at least 4 members (excludes halogenated alkanes) is 2. The van der Waals surface area contributed by atoms with Crippen LogP contribution in [0.15, 0.2) is 54.9 Å². The van der Waals surface area contributed by atoms with E-state index >= 15 is 0 Å². The van der Waals surface area contributed by atoms with E-state index in [-0.39, 0.29) is 24.0 Å². The average Bonchev–Trinajstić information content (AvgIpc) is 3.55. The van der Waals surface area contributed by atoms with Gasteiger partial charge in [-0.05, 0) is 56.0 Å². The first-order valence-electron chi connectivity index (χ1n) is 13.5. The Morgan fingerprint density at radius 2 is 1.66 bits per heavy atom. The molecule has 2 aliphatic heterocycles. The van der Waals surface area contributed by atoms with Crippen molar-refractivity contribution in [1.29, 1.82) is 0 Å². The lowest BCUT2D eigenvalue weighted by molar-refractivity contribution is -0.136. The quantitative estimate of drug-likeness (QED) is 0.191. The SMILES string of the molecule is O=C1CCC(N2C(=O)c3ccc(NCCCCCNc4ncc(-c5cnc6ccccc6n5)s4)cc3C2=O)C(=O)N1. The lowest BCUT2D eigenvalue weighted by Crippen LogP contribution is -2.54. The van der Waals surface area contributed by atoms with Gasteiger partial charge < -0.3 is 10.6 Å². The molecule has 6 rings (SSSR count). The first kappa shape index (κ1) is 26.5. The molecular weight excluding hydrogens is 542 g/mol. The molecule has 2 aromatic carbocycles. The summed E-state index contributed by atoms with van der Waals surface area (Å²) in [6, 6.07) is 11.8. The third kappa shape index (κ3) is 5.50. The number of carbonyl (C=O) groups excluding carboxylic acids is 4. The summed E-state index contributed by atoms with van der Waals surface area (Å²) in [4.78, 5) is 65.1. The molecule has 0 radical (unpaired) electrons. The van der Waals surface area contributed by atoms with Gasteiger partial charge in [0.25, 0.3) is 11.8 Å². The van der Waals surface area contributed by atoms with E-state index in [1.54, 1.807) is 35.7 Å². The largest absolute Gasteiger partial charge is 0.385 e. The van der Waals surface area contributed by atoms with E-state index in [4.69, 9.17) is 0 Å². The standard InChI is InChI=1S/C29H27N7O4S/c37-25-11-10-23(26(38)35-25)36-27(39)18-9-8-17(14-19(18)28(36)40)30-12-4-1-5-13-31-29-33-16-24(41-29)22-15-32-20-6-2-3-7-21(20)34-22/h2-3,6-9,14-16,23,30H,1,4-5,10-13H2,(H,31,33)(H,35,37,38). The number of rotatable bonds is 10. The van der Waals surface area contributed by atoms with Gasteiger partial charge in [0.05, 0.1) is 33.2 Å². The Balaban J connectivity index is 0.944. The Kier molecular flexibility index (Phi) is 7.38. The maximum Gasteiger partial charge on any atom is 0.262 e. The van der Waals surface area contributed by atoms with Crippen molar-refractivity contribution in [3.63, 3.8) is 0 Å². The number of thiazole rings is 1. The van der Waals surface area contributed by atoms with Gasteiger partial charge in [-0.3, -0.25) is 34.4 Å². The molecule has 1 saturated heterocycles. The number of hydrogen-bond acceptors (Lipinski definition) is 10. The molecule has 0 aliphatic carbocycles. The number of anilines is 2. The Labute approximate surface area is 239 Å². The normalized spacial score (nSPS) is 16.7. The van der Waals surface area contributed by atoms with Crippen molar-refractivity contribution >= 4 is 56.8 Å². The Bertz CT molecular complexity index is 1670. The monoisotopic (exact) mass is 569 g/mol. The van der Waals surface area contributed by atoms with E-state index in [0.717, 1.165) is 63.1 Å². The van der Waals surface area contributed by atoms with Gasteiger partial charge in [-0.2, -0.15) is 0 Å². The molecule has 0 saturated carbocycles. The van der Waals surface area contributed by atoms with Crippen molar-refractivity contribution in [3.05, 3.63) is 66.0 Å². The molecule has 3 N–H and O–H groups in total. The summed E-state index contributed by atoms with van der Waals surface area (Å²) in [5, 5.41) is 9.74. The van der Waals surface area contributed by atoms with Crippen molar-refractivity contribution in [2.24, 2.45) is 0 Å². The number of para-hydroxylation sites is 2. The maximum absolute atomic E-state index is 13.0. The van der Waals surface area contributed by atoms with Crippen LogP contribution in [0.25, 0.3) is 21.6 Å². The molecule has 0 spiro atoms. The van der Waals surface area contributed by atoms with Crippen LogP contribution >= 0.6 is 11.3 Å². The van der Waals surface area contributed by atoms with Crippen LogP contribution in [-0.2, 0) is 9.59 Å². The van der Waals surface area contributed by atoms with Crippen molar-refractivity contribution in [3.8, 4) is 10.6 Å². The third-order valence-corrected chi connectivity index (χ3v) is 8.08. The zero-order valence-electron chi connectivity index (χ0n) is 22.1. The van der Waals surface area contributed by atoms with E-state index in [2.05, 4.69) is 30.9 Å². The predicted molar refractivity (Wildman–Crippen MR) is 155 cm³/mol. The molecule has 1 fully saturated rings. The molecule has 0 bridgehead atoms. The minimum atomic E-state index is -0.964. The van der Waals surface area contributed by atoms with Gasteiger partial charge >= 0.3 is 0 Å². The second-order valence-corrected chi connectivity index (χ2v) is 10.9. The third-order valence-electron chi connectivity index (χ3n) is 7.11. The highest BCUT2D eigenvalue weighted by Gasteiger charge is 2.44. The second kappa shape index (κ2) is 11.4. The zero-order valence-corrected chi connectivity index (χ0v) is 22.9. The molecule has 2 aliphatic rings. The lowest BCUT2D eigenvalue weighted by Gasteiger charge is -2.27. The maximum atomic E-state index is 13.0. The van der Waals surface area contributed by atoms with Gasteiger partial charge in [-0.1, -0.05) is 23.5 Å². The average molecular weight is 570 g/mol. The first-order chi connectivity index (χ1) is 20.0. The number of amides is 4. The number of benzene rings is 2. The fourth-order valence-electron chi connectivity index (χ4n) is 4.99. The van der Waals surface area contributed by atoms with Crippen LogP contribution in [0.3, 0.4) is 0 Å². The number of aromatic nitrogens is 3. The fourth-order valence-corrected chi connectivity index (χ4v) is 5.78. The second-order valence-electron chi connectivity index (χ2n) is 9.90. The molecule has 4 heterocycles. The fraction of sp³-hybridized carbons (Fsp3) is 0.276. The van der Waals surface area contributed by atoms with Crippen LogP contribution in [-0.4, -0.2) is 62.6 Å². The summed E-state index contributed by atoms with van der Waals surface area (Å²) >= 11 is 1.55. The van der Waals surface area contributed by atoms with Gasteiger partial charge in [0.1, 0.15) is 11.7 Å². The van der Waals surface area contributed by atoms with Gasteiger partial charge in [-0.25, -0.2) is 9.97 Å². The van der Waals surface area contributed by atoms with E-state index in [9.17, 15) is 19.2 Å². The summed E-state index contributed by atoms with van der Waals surface area (Å²) in [7, 11) is 0. The van der Waals surface area contributed by atoms with Gasteiger partial charge in [0, 0.05) is 31.4 Å². The molecule has 1 unspecified atom stereocenters. The molecule has 1 atom stereocenters. The van der Waals surface area contributed by atoms with E-state index in [1.165, 1.54) is 0 Å². The molecule has 2 aromatic heterocycles. The molecule has 208 valence electrons. The number of hydrogen-bond donors (Lipinski definition) is 3. The number of fused-ring (bicyclic) bond motifs is 2. The summed E-state index contributed by atoms with van der Waals surface area (Å²) in [5.41, 5.74) is 3.81. The molecule has 41 heavy (non-hydrogen) atoms. The number of nitrogens with one attached hydrogen (secondary N) is 3. The van der Waals surface area contributed by atoms with Crippen molar-refractivity contribution in [2.45, 2.75) is 38.1 Å². The number of carbonyl (C=O) groups is 4. The highest BCUT2D eigenvalue weighted by molar-refractivity contribution is 7.18. The van der Waals surface area contributed by atoms with Crippen LogP contribution in [0, 0.1) is 0 Å². The molecular formula is C29H27N7O4S. The minimum absolute atomic E-state index is 0.0948. The first-order valence-corrected chi connectivity index (χ1v) is 14.3. The molecule has 12 heteroatoms. The molecule has 4 amide bonds. The van der Waals surface area contributed by atoms with Crippen molar-refractivity contribution in [2.75, 3.05) is 23.7 Å². The highest BCUT2D eigenvalue weighted by Crippen LogP contribution is 2.30. The summed E-state index contributed by atoms with van der Waals surface area (Å²) in [6.45, 7) is 1.50. The Hall–Kier alpha value is -4.71. The minimum Gasteiger partial charge on any atom is -0.385 e. The molecule has 11 nitrogen and oxygen atoms in total. The number of piperidine rings is 1. The van der Waals surface area contributed by atoms with Crippen molar-refractivity contribution < 1.29 is 19.2 Å². The van der Waals surface area contributed by atoms with Gasteiger partial charge in [0.2, 0.25) is 11.8 Å². The van der Waals surface area contributed by atoms with Crippen LogP contribution in [0.1, 0.15) is 52.8 Å². The summed E-state index contributed by atoms with van der Waals surface area (Å²) < 4.78 is 0. The highest BCUT2D eigenvalue weighted by atomic mass is 32.1. The lowest BCUT2D eigenvalue weighted by atomic mass is 10.0. The number of nitrogens with zero attached hydrogens (tertiary/aromatic N) is 4. The van der Waals surface area contributed by atoms with E-state index < -0.39 is 29.7 Å². The van der Waals surface area contributed by atoms with Crippen molar-refractivity contribution in [1.82, 2.24) is 25.2 Å². The van der Waals surface area contributed by atoms with Gasteiger partial charge in [-0.15, -0.1) is 0 Å². The van der Waals surface area contributed by atoms with Crippen LogP contribution in [0.2, 0.25) is 0 Å². The van der Waals surface area contributed by atoms with Crippen LogP contribution < -0.4 is 16.0 Å². The van der Waals surface area contributed by atoms with E-state index in [1.807, 2.05) is 30.5 Å². The smallest absolute Gasteiger partial charge is 0.262 e. The summed E-state index contributed by atoms with van der Waals surface area (Å²) in [6.07, 6.45) is 6.69. The predicted octanol–water partition coefficient (Wildman–Crippen LogP) is 3.85. The van der Waals surface area contributed by atoms with Gasteiger partial charge in [0.15, 0.2) is 5.13 Å². The number of imide groups is 2.